The summed E-state index contributed by atoms with van der Waals surface area (Å²) in [6, 6.07) is 6.61. The van der Waals surface area contributed by atoms with Gasteiger partial charge in [0.15, 0.2) is 0 Å². The zero-order valence-corrected chi connectivity index (χ0v) is 11.4. The molecule has 0 aliphatic heterocycles. The Morgan fingerprint density at radius 1 is 1.27 bits per heavy atom. The first-order valence-corrected chi connectivity index (χ1v) is 7.30. The van der Waals surface area contributed by atoms with Crippen LogP contribution in [0.25, 0.3) is 0 Å². The Labute approximate surface area is 106 Å². The summed E-state index contributed by atoms with van der Waals surface area (Å²) in [7, 11) is 0. The monoisotopic (exact) mass is 301 g/mol. The van der Waals surface area contributed by atoms with Crippen molar-refractivity contribution in [3.8, 4) is 0 Å². The third kappa shape index (κ3) is 3.41. The summed E-state index contributed by atoms with van der Waals surface area (Å²) >= 11 is 7.00. The van der Waals surface area contributed by atoms with E-state index < -0.39 is 0 Å². The van der Waals surface area contributed by atoms with Gasteiger partial charge in [0.1, 0.15) is 0 Å². The molecule has 2 aromatic rings. The average molecular weight is 302 g/mol. The molecule has 0 aromatic carbocycles. The van der Waals surface area contributed by atoms with E-state index in [-0.39, 0.29) is 6.04 Å². The van der Waals surface area contributed by atoms with Crippen LogP contribution in [0.5, 0.6) is 0 Å². The molecule has 0 fully saturated rings. The van der Waals surface area contributed by atoms with Crippen molar-refractivity contribution < 1.29 is 0 Å². The third-order valence-electron chi connectivity index (χ3n) is 2.13. The highest BCUT2D eigenvalue weighted by Crippen LogP contribution is 2.21. The van der Waals surface area contributed by atoms with Crippen molar-refractivity contribution >= 4 is 38.6 Å². The molecule has 0 radical (unpaired) electrons. The van der Waals surface area contributed by atoms with Crippen LogP contribution in [0, 0.1) is 0 Å². The predicted octanol–water partition coefficient (Wildman–Crippen LogP) is 3.68. The maximum atomic E-state index is 6.10. The molecule has 15 heavy (non-hydrogen) atoms. The topological polar surface area (TPSA) is 26.0 Å². The van der Waals surface area contributed by atoms with E-state index in [0.29, 0.717) is 0 Å². The lowest BCUT2D eigenvalue weighted by atomic mass is 10.1. The molecule has 80 valence electrons. The summed E-state index contributed by atoms with van der Waals surface area (Å²) in [4.78, 5) is 2.73. The smallest absolute Gasteiger partial charge is 0.0285 e. The van der Waals surface area contributed by atoms with Crippen molar-refractivity contribution in [2.24, 2.45) is 5.73 Å². The Kier molecular flexibility index (Phi) is 3.97. The number of rotatable bonds is 4. The fourth-order valence-corrected chi connectivity index (χ4v) is 3.82. The molecular weight excluding hydrogens is 290 g/mol. The molecule has 1 unspecified atom stereocenters. The first kappa shape index (κ1) is 11.3. The molecule has 2 aromatic heterocycles. The second-order valence-corrected chi connectivity index (χ2v) is 6.42. The molecule has 0 aliphatic rings. The number of thiophene rings is 2. The minimum absolute atomic E-state index is 0.231. The summed E-state index contributed by atoms with van der Waals surface area (Å²) < 4.78 is 1.16. The van der Waals surface area contributed by atoms with Crippen LogP contribution in [0.1, 0.15) is 9.75 Å². The number of hydrogen-bond acceptors (Lipinski definition) is 3. The minimum atomic E-state index is 0.231. The Morgan fingerprint density at radius 2 is 2.07 bits per heavy atom. The molecule has 0 saturated carbocycles. The quantitative estimate of drug-likeness (QED) is 0.916. The van der Waals surface area contributed by atoms with Crippen molar-refractivity contribution in [3.63, 3.8) is 0 Å². The lowest BCUT2D eigenvalue weighted by Gasteiger charge is -2.08. The van der Waals surface area contributed by atoms with Gasteiger partial charge < -0.3 is 5.73 Å². The fraction of sp³-hybridized carbons (Fsp3) is 0.273. The van der Waals surface area contributed by atoms with Gasteiger partial charge in [-0.3, -0.25) is 0 Å². The minimum Gasteiger partial charge on any atom is -0.327 e. The summed E-state index contributed by atoms with van der Waals surface area (Å²) in [5, 5.41) is 4.21. The number of hydrogen-bond donors (Lipinski definition) is 1. The SMILES string of the molecule is NC(Cc1cccs1)Cc1cc(Br)cs1. The van der Waals surface area contributed by atoms with E-state index in [1.165, 1.54) is 9.75 Å². The highest BCUT2D eigenvalue weighted by Gasteiger charge is 2.07. The molecule has 0 saturated heterocycles. The van der Waals surface area contributed by atoms with Crippen molar-refractivity contribution in [3.05, 3.63) is 43.2 Å². The molecule has 1 nitrogen and oxygen atoms in total. The molecule has 2 heterocycles. The van der Waals surface area contributed by atoms with Crippen LogP contribution in [0.2, 0.25) is 0 Å². The van der Waals surface area contributed by atoms with Crippen molar-refractivity contribution in [2.75, 3.05) is 0 Å². The maximum absolute atomic E-state index is 6.10. The van der Waals surface area contributed by atoms with E-state index in [2.05, 4.69) is 44.9 Å². The molecule has 0 bridgehead atoms. The number of halogens is 1. The highest BCUT2D eigenvalue weighted by molar-refractivity contribution is 9.10. The first-order valence-electron chi connectivity index (χ1n) is 4.75. The van der Waals surface area contributed by atoms with Gasteiger partial charge in [-0.05, 0) is 46.3 Å². The van der Waals surface area contributed by atoms with Crippen LogP contribution in [-0.2, 0) is 12.8 Å². The van der Waals surface area contributed by atoms with Gasteiger partial charge in [-0.2, -0.15) is 0 Å². The van der Waals surface area contributed by atoms with Gasteiger partial charge in [0.05, 0.1) is 0 Å². The first-order chi connectivity index (χ1) is 7.24. The van der Waals surface area contributed by atoms with Crippen molar-refractivity contribution in [1.82, 2.24) is 0 Å². The second kappa shape index (κ2) is 5.25. The van der Waals surface area contributed by atoms with Crippen LogP contribution in [0.15, 0.2) is 33.4 Å². The summed E-state index contributed by atoms with van der Waals surface area (Å²) in [6.45, 7) is 0. The normalized spacial score (nSPS) is 12.9. The standard InChI is InChI=1S/C11H12BrNS2/c12-8-4-11(15-7-8)6-9(13)5-10-2-1-3-14-10/h1-4,7,9H,5-6,13H2. The largest absolute Gasteiger partial charge is 0.327 e. The van der Waals surface area contributed by atoms with E-state index in [9.17, 15) is 0 Å². The van der Waals surface area contributed by atoms with Gasteiger partial charge in [0.25, 0.3) is 0 Å². The van der Waals surface area contributed by atoms with Crippen LogP contribution in [-0.4, -0.2) is 6.04 Å². The maximum Gasteiger partial charge on any atom is 0.0285 e. The average Bonchev–Trinajstić information content (AvgIpc) is 2.77. The lowest BCUT2D eigenvalue weighted by Crippen LogP contribution is -2.24. The van der Waals surface area contributed by atoms with Crippen LogP contribution >= 0.6 is 38.6 Å². The summed E-state index contributed by atoms with van der Waals surface area (Å²) in [5.41, 5.74) is 6.10. The van der Waals surface area contributed by atoms with Gasteiger partial charge in [-0.1, -0.05) is 6.07 Å². The molecule has 0 spiro atoms. The predicted molar refractivity (Wildman–Crippen MR) is 71.7 cm³/mol. The molecule has 4 heteroatoms. The molecule has 2 rings (SSSR count). The van der Waals surface area contributed by atoms with Crippen molar-refractivity contribution in [1.29, 1.82) is 0 Å². The lowest BCUT2D eigenvalue weighted by molar-refractivity contribution is 0.677. The second-order valence-electron chi connectivity index (χ2n) is 3.48. The Hall–Kier alpha value is -0.160. The van der Waals surface area contributed by atoms with Gasteiger partial charge >= 0.3 is 0 Å². The van der Waals surface area contributed by atoms with Gasteiger partial charge in [0.2, 0.25) is 0 Å². The highest BCUT2D eigenvalue weighted by atomic mass is 79.9. The van der Waals surface area contributed by atoms with Crippen LogP contribution in [0.3, 0.4) is 0 Å². The van der Waals surface area contributed by atoms with Gasteiger partial charge in [0, 0.05) is 25.6 Å². The molecular formula is C11H12BrNS2. The molecule has 0 amide bonds. The van der Waals surface area contributed by atoms with Crippen LogP contribution < -0.4 is 5.73 Å². The van der Waals surface area contributed by atoms with Gasteiger partial charge in [-0.15, -0.1) is 22.7 Å². The Balaban J connectivity index is 1.90. The third-order valence-corrected chi connectivity index (χ3v) is 4.75. The van der Waals surface area contributed by atoms with Crippen LogP contribution in [0.4, 0.5) is 0 Å². The zero-order valence-electron chi connectivity index (χ0n) is 8.15. The molecule has 0 aliphatic carbocycles. The Bertz CT molecular complexity index is 408. The van der Waals surface area contributed by atoms with Gasteiger partial charge in [-0.25, -0.2) is 0 Å². The van der Waals surface area contributed by atoms with E-state index in [4.69, 9.17) is 5.73 Å². The van der Waals surface area contributed by atoms with E-state index in [0.717, 1.165) is 17.3 Å². The summed E-state index contributed by atoms with van der Waals surface area (Å²) in [6.07, 6.45) is 1.95. The van der Waals surface area contributed by atoms with Crippen molar-refractivity contribution in [2.45, 2.75) is 18.9 Å². The van der Waals surface area contributed by atoms with E-state index in [1.54, 1.807) is 22.7 Å². The zero-order chi connectivity index (χ0) is 10.7. The van der Waals surface area contributed by atoms with E-state index >= 15 is 0 Å². The summed E-state index contributed by atoms with van der Waals surface area (Å²) in [5.74, 6) is 0. The Morgan fingerprint density at radius 3 is 2.67 bits per heavy atom. The fourth-order valence-electron chi connectivity index (χ4n) is 1.48. The molecule has 2 N–H and O–H groups in total. The van der Waals surface area contributed by atoms with E-state index in [1.807, 2.05) is 0 Å². The number of nitrogens with two attached hydrogens (primary N) is 1. The molecule has 1 atom stereocenters.